The normalized spacial score (nSPS) is 11.8. The van der Waals surface area contributed by atoms with Gasteiger partial charge in [0.05, 0.1) is 0 Å². The Bertz CT molecular complexity index is 382. The second-order valence-corrected chi connectivity index (χ2v) is 4.70. The van der Waals surface area contributed by atoms with Gasteiger partial charge in [-0.3, -0.25) is 0 Å². The fourth-order valence-electron chi connectivity index (χ4n) is 1.27. The molecule has 0 fully saturated rings. The predicted molar refractivity (Wildman–Crippen MR) is 60.2 cm³/mol. The van der Waals surface area contributed by atoms with Crippen LogP contribution in [0.3, 0.4) is 0 Å². The van der Waals surface area contributed by atoms with Crippen LogP contribution >= 0.6 is 0 Å². The SMILES string of the molecule is CC(C)=C[Si]c1ccc2c(c1)C=C2. The van der Waals surface area contributed by atoms with Gasteiger partial charge in [-0.2, -0.15) is 0 Å². The van der Waals surface area contributed by atoms with E-state index in [0.29, 0.717) is 0 Å². The quantitative estimate of drug-likeness (QED) is 0.629. The Hall–Kier alpha value is -1.08. The molecule has 0 N–H and O–H groups in total. The number of allylic oxidation sites excluding steroid dienone is 1. The number of rotatable bonds is 2. The van der Waals surface area contributed by atoms with Crippen molar-refractivity contribution in [1.82, 2.24) is 0 Å². The van der Waals surface area contributed by atoms with E-state index in [4.69, 9.17) is 0 Å². The molecule has 0 saturated carbocycles. The molecule has 1 heteroatoms. The van der Waals surface area contributed by atoms with Crippen LogP contribution in [0.15, 0.2) is 29.5 Å². The molecule has 0 heterocycles. The van der Waals surface area contributed by atoms with Crippen LogP contribution in [0.25, 0.3) is 12.2 Å². The summed E-state index contributed by atoms with van der Waals surface area (Å²) in [5.41, 5.74) is 6.47. The summed E-state index contributed by atoms with van der Waals surface area (Å²) < 4.78 is 0. The summed E-state index contributed by atoms with van der Waals surface area (Å²) in [4.78, 5) is 0. The third-order valence-corrected chi connectivity index (χ3v) is 3.42. The van der Waals surface area contributed by atoms with E-state index in [1.807, 2.05) is 0 Å². The maximum Gasteiger partial charge on any atom is 0.111 e. The molecule has 0 saturated heterocycles. The number of fused-ring (bicyclic) bond motifs is 1. The van der Waals surface area contributed by atoms with Crippen molar-refractivity contribution >= 4 is 26.9 Å². The average molecular weight is 184 g/mol. The number of hydrogen-bond acceptors (Lipinski definition) is 0. The summed E-state index contributed by atoms with van der Waals surface area (Å²) in [5.74, 6) is 0. The summed E-state index contributed by atoms with van der Waals surface area (Å²) in [5, 5.41) is 1.43. The molecule has 0 spiro atoms. The fraction of sp³-hybridized carbons (Fsp3) is 0.167. The molecule has 2 rings (SSSR count). The minimum Gasteiger partial charge on any atom is -0.0947 e. The van der Waals surface area contributed by atoms with Gasteiger partial charge in [-0.15, -0.1) is 0 Å². The van der Waals surface area contributed by atoms with Crippen molar-refractivity contribution in [3.05, 3.63) is 40.6 Å². The molecule has 1 aliphatic carbocycles. The van der Waals surface area contributed by atoms with Crippen LogP contribution in [0.1, 0.15) is 25.0 Å². The van der Waals surface area contributed by atoms with Crippen LogP contribution in [0.5, 0.6) is 0 Å². The molecule has 0 aliphatic heterocycles. The lowest BCUT2D eigenvalue weighted by Crippen LogP contribution is -2.13. The van der Waals surface area contributed by atoms with Gasteiger partial charge >= 0.3 is 0 Å². The van der Waals surface area contributed by atoms with Crippen molar-refractivity contribution < 1.29 is 0 Å². The van der Waals surface area contributed by atoms with Gasteiger partial charge in [0, 0.05) is 0 Å². The lowest BCUT2D eigenvalue weighted by molar-refractivity contribution is 1.41. The molecule has 0 aromatic heterocycles. The summed E-state index contributed by atoms with van der Waals surface area (Å²) in [7, 11) is 0.816. The standard InChI is InChI=1S/C12H12Si/c1-9(2)8-13-12-6-5-10-3-4-11(10)7-12/h3-8H,1-2H3. The number of hydrogen-bond donors (Lipinski definition) is 0. The van der Waals surface area contributed by atoms with Crippen LogP contribution in [-0.4, -0.2) is 9.52 Å². The molecule has 0 nitrogen and oxygen atoms in total. The topological polar surface area (TPSA) is 0 Å². The van der Waals surface area contributed by atoms with Crippen molar-refractivity contribution in [3.8, 4) is 0 Å². The van der Waals surface area contributed by atoms with Crippen molar-refractivity contribution in [1.29, 1.82) is 0 Å². The van der Waals surface area contributed by atoms with E-state index in [9.17, 15) is 0 Å². The van der Waals surface area contributed by atoms with E-state index in [1.54, 1.807) is 0 Å². The first-order valence-corrected chi connectivity index (χ1v) is 5.55. The second kappa shape index (κ2) is 3.34. The first-order chi connectivity index (χ1) is 6.25. The van der Waals surface area contributed by atoms with E-state index in [0.717, 1.165) is 9.52 Å². The van der Waals surface area contributed by atoms with E-state index < -0.39 is 0 Å². The summed E-state index contributed by atoms with van der Waals surface area (Å²) in [6.45, 7) is 4.29. The molecular weight excluding hydrogens is 172 g/mol. The van der Waals surface area contributed by atoms with Crippen LogP contribution in [0.4, 0.5) is 0 Å². The molecule has 13 heavy (non-hydrogen) atoms. The van der Waals surface area contributed by atoms with Crippen LogP contribution < -0.4 is 5.19 Å². The smallest absolute Gasteiger partial charge is 0.0947 e. The zero-order chi connectivity index (χ0) is 9.26. The Morgan fingerprint density at radius 2 is 1.92 bits per heavy atom. The van der Waals surface area contributed by atoms with Gasteiger partial charge in [0.15, 0.2) is 0 Å². The Morgan fingerprint density at radius 3 is 2.46 bits per heavy atom. The maximum atomic E-state index is 2.30. The average Bonchev–Trinajstić information content (AvgIpc) is 2.05. The fourth-order valence-corrected chi connectivity index (χ4v) is 2.15. The third kappa shape index (κ3) is 1.81. The van der Waals surface area contributed by atoms with Crippen LogP contribution in [0.2, 0.25) is 0 Å². The van der Waals surface area contributed by atoms with E-state index >= 15 is 0 Å². The monoisotopic (exact) mass is 184 g/mol. The van der Waals surface area contributed by atoms with Crippen LogP contribution in [-0.2, 0) is 0 Å². The van der Waals surface area contributed by atoms with Crippen molar-refractivity contribution in [2.75, 3.05) is 0 Å². The van der Waals surface area contributed by atoms with Gasteiger partial charge in [-0.1, -0.05) is 46.8 Å². The van der Waals surface area contributed by atoms with Crippen LogP contribution in [0, 0.1) is 0 Å². The highest BCUT2D eigenvalue weighted by Gasteiger charge is 2.04. The highest BCUT2D eigenvalue weighted by molar-refractivity contribution is 6.58. The molecule has 1 aromatic rings. The molecule has 2 radical (unpaired) electrons. The maximum absolute atomic E-state index is 2.30. The lowest BCUT2D eigenvalue weighted by atomic mass is 9.98. The zero-order valence-electron chi connectivity index (χ0n) is 7.96. The van der Waals surface area contributed by atoms with Gasteiger partial charge in [-0.05, 0) is 25.0 Å². The van der Waals surface area contributed by atoms with Gasteiger partial charge in [0.2, 0.25) is 0 Å². The summed E-state index contributed by atoms with van der Waals surface area (Å²) in [6, 6.07) is 6.71. The first kappa shape index (κ1) is 8.51. The largest absolute Gasteiger partial charge is 0.111 e. The second-order valence-electron chi connectivity index (χ2n) is 3.54. The Morgan fingerprint density at radius 1 is 1.15 bits per heavy atom. The summed E-state index contributed by atoms with van der Waals surface area (Å²) >= 11 is 0. The van der Waals surface area contributed by atoms with Gasteiger partial charge in [0.25, 0.3) is 0 Å². The third-order valence-electron chi connectivity index (χ3n) is 2.06. The molecule has 1 aliphatic rings. The Labute approximate surface area is 81.8 Å². The predicted octanol–water partition coefficient (Wildman–Crippen LogP) is 2.42. The van der Waals surface area contributed by atoms with Gasteiger partial charge in [0.1, 0.15) is 9.52 Å². The highest BCUT2D eigenvalue weighted by atomic mass is 28.2. The van der Waals surface area contributed by atoms with Crippen molar-refractivity contribution in [2.45, 2.75) is 13.8 Å². The van der Waals surface area contributed by atoms with E-state index in [2.05, 4.69) is 49.9 Å². The molecule has 64 valence electrons. The minimum atomic E-state index is 0.816. The highest BCUT2D eigenvalue weighted by Crippen LogP contribution is 2.20. The number of benzene rings is 1. The molecule has 0 unspecified atom stereocenters. The van der Waals surface area contributed by atoms with E-state index in [1.165, 1.54) is 21.9 Å². The lowest BCUT2D eigenvalue weighted by Gasteiger charge is -2.10. The Kier molecular flexibility index (Phi) is 2.19. The van der Waals surface area contributed by atoms with Gasteiger partial charge in [-0.25, -0.2) is 0 Å². The molecular formula is C12H12Si. The molecule has 0 amide bonds. The van der Waals surface area contributed by atoms with E-state index in [-0.39, 0.29) is 0 Å². The molecule has 0 atom stereocenters. The Balaban J connectivity index is 2.16. The molecule has 0 bridgehead atoms. The van der Waals surface area contributed by atoms with Gasteiger partial charge < -0.3 is 0 Å². The zero-order valence-corrected chi connectivity index (χ0v) is 8.96. The van der Waals surface area contributed by atoms with Crippen molar-refractivity contribution in [2.24, 2.45) is 0 Å². The minimum absolute atomic E-state index is 0.816. The first-order valence-electron chi connectivity index (χ1n) is 4.48. The molecule has 1 aromatic carbocycles. The van der Waals surface area contributed by atoms with Crippen molar-refractivity contribution in [3.63, 3.8) is 0 Å². The summed E-state index contributed by atoms with van der Waals surface area (Å²) in [6.07, 6.45) is 4.33.